The molecule has 0 atom stereocenters. The van der Waals surface area contributed by atoms with E-state index in [2.05, 4.69) is 10.3 Å². The Morgan fingerprint density at radius 1 is 1.47 bits per heavy atom. The van der Waals surface area contributed by atoms with Gasteiger partial charge in [0.15, 0.2) is 9.84 Å². The fraction of sp³-hybridized carbons (Fsp3) is 0.636. The van der Waals surface area contributed by atoms with Crippen molar-refractivity contribution < 1.29 is 13.2 Å². The molecule has 2 rings (SSSR count). The third-order valence-electron chi connectivity index (χ3n) is 2.95. The second-order valence-electron chi connectivity index (χ2n) is 4.34. The number of carbonyl (C=O) groups excluding carboxylic acids is 1. The van der Waals surface area contributed by atoms with Crippen molar-refractivity contribution >= 4 is 27.1 Å². The van der Waals surface area contributed by atoms with Crippen LogP contribution in [0.4, 0.5) is 0 Å². The van der Waals surface area contributed by atoms with Crippen molar-refractivity contribution in [1.29, 1.82) is 0 Å². The lowest BCUT2D eigenvalue weighted by atomic mass is 10.3. The van der Waals surface area contributed by atoms with E-state index in [9.17, 15) is 13.2 Å². The molecule has 0 aliphatic carbocycles. The summed E-state index contributed by atoms with van der Waals surface area (Å²) in [7, 11) is -3.10. The average Bonchev–Trinajstić information content (AvgIpc) is 2.86. The minimum Gasteiger partial charge on any atom is -0.335 e. The molecule has 0 unspecified atom stereocenters. The molecule has 1 aliphatic rings. The third kappa shape index (κ3) is 3.74. The number of aromatic nitrogens is 1. The van der Waals surface area contributed by atoms with E-state index in [0.717, 1.165) is 13.1 Å². The fourth-order valence-corrected chi connectivity index (χ4v) is 3.90. The Labute approximate surface area is 116 Å². The number of hydrogen-bond donors (Lipinski definition) is 1. The molecule has 0 spiro atoms. The van der Waals surface area contributed by atoms with Crippen LogP contribution < -0.4 is 5.32 Å². The molecule has 1 aromatic rings. The number of nitrogens with one attached hydrogen (secondary N) is 1. The van der Waals surface area contributed by atoms with Crippen molar-refractivity contribution in [3.8, 4) is 0 Å². The number of carbonyl (C=O) groups is 1. The van der Waals surface area contributed by atoms with Crippen LogP contribution >= 0.6 is 11.3 Å². The van der Waals surface area contributed by atoms with Crippen LogP contribution in [0, 0.1) is 0 Å². The highest BCUT2D eigenvalue weighted by atomic mass is 32.2. The summed E-state index contributed by atoms with van der Waals surface area (Å²) in [5.41, 5.74) is 0. The second kappa shape index (κ2) is 5.98. The van der Waals surface area contributed by atoms with Gasteiger partial charge in [0.25, 0.3) is 5.91 Å². The molecule has 8 heteroatoms. The van der Waals surface area contributed by atoms with Gasteiger partial charge < -0.3 is 10.2 Å². The van der Waals surface area contributed by atoms with Gasteiger partial charge in [0.2, 0.25) is 0 Å². The maximum absolute atomic E-state index is 12.2. The zero-order chi connectivity index (χ0) is 13.9. The van der Waals surface area contributed by atoms with Gasteiger partial charge in [0, 0.05) is 31.9 Å². The van der Waals surface area contributed by atoms with E-state index in [1.807, 2.05) is 0 Å². The van der Waals surface area contributed by atoms with Gasteiger partial charge >= 0.3 is 0 Å². The van der Waals surface area contributed by atoms with Crippen LogP contribution in [0.2, 0.25) is 0 Å². The first-order chi connectivity index (χ1) is 9.02. The van der Waals surface area contributed by atoms with E-state index in [0.29, 0.717) is 23.0 Å². The Hall–Kier alpha value is -0.990. The Morgan fingerprint density at radius 3 is 2.79 bits per heavy atom. The highest BCUT2D eigenvalue weighted by Crippen LogP contribution is 2.18. The van der Waals surface area contributed by atoms with E-state index in [4.69, 9.17) is 0 Å². The second-order valence-corrected chi connectivity index (χ2v) is 7.81. The summed E-state index contributed by atoms with van der Waals surface area (Å²) >= 11 is 1.17. The molecule has 0 bridgehead atoms. The molecule has 1 N–H and O–H groups in total. The van der Waals surface area contributed by atoms with E-state index in [1.54, 1.807) is 11.8 Å². The van der Waals surface area contributed by atoms with Crippen LogP contribution in [-0.4, -0.2) is 56.1 Å². The number of amides is 1. The molecule has 2 heterocycles. The van der Waals surface area contributed by atoms with Crippen molar-refractivity contribution in [1.82, 2.24) is 15.2 Å². The van der Waals surface area contributed by atoms with Crippen molar-refractivity contribution in [3.63, 3.8) is 0 Å². The van der Waals surface area contributed by atoms with Crippen molar-refractivity contribution in [3.05, 3.63) is 16.1 Å². The Kier molecular flexibility index (Phi) is 4.54. The van der Waals surface area contributed by atoms with Gasteiger partial charge in [-0.15, -0.1) is 11.3 Å². The van der Waals surface area contributed by atoms with Crippen LogP contribution in [0.25, 0.3) is 0 Å². The Morgan fingerprint density at radius 2 is 2.16 bits per heavy atom. The lowest BCUT2D eigenvalue weighted by molar-refractivity contribution is 0.0740. The van der Waals surface area contributed by atoms with Crippen molar-refractivity contribution in [2.75, 3.05) is 31.9 Å². The number of nitrogens with zero attached hydrogens (tertiary/aromatic N) is 2. The van der Waals surface area contributed by atoms with Crippen LogP contribution in [0.15, 0.2) is 6.20 Å². The quantitative estimate of drug-likeness (QED) is 0.855. The minimum atomic E-state index is -3.10. The molecule has 1 aromatic heterocycles. The molecule has 0 saturated carbocycles. The van der Waals surface area contributed by atoms with Gasteiger partial charge in [0.05, 0.1) is 6.20 Å². The van der Waals surface area contributed by atoms with E-state index >= 15 is 0 Å². The first-order valence-electron chi connectivity index (χ1n) is 6.17. The standard InChI is InChI=1S/C11H17N3O3S2/c1-2-19(16,17)8-10-13-7-9(18-10)11(15)14-5-3-12-4-6-14/h7,12H,2-6,8H2,1H3. The predicted octanol–water partition coefficient (Wildman–Crippen LogP) is 0.123. The largest absolute Gasteiger partial charge is 0.335 e. The average molecular weight is 303 g/mol. The van der Waals surface area contributed by atoms with Gasteiger partial charge in [-0.3, -0.25) is 4.79 Å². The van der Waals surface area contributed by atoms with Gasteiger partial charge in [-0.2, -0.15) is 0 Å². The number of rotatable bonds is 4. The van der Waals surface area contributed by atoms with E-state index < -0.39 is 9.84 Å². The summed E-state index contributed by atoms with van der Waals surface area (Å²) in [4.78, 5) is 18.5. The Bertz CT molecular complexity index is 547. The van der Waals surface area contributed by atoms with Crippen LogP contribution in [-0.2, 0) is 15.6 Å². The normalized spacial score (nSPS) is 16.6. The SMILES string of the molecule is CCS(=O)(=O)Cc1ncc(C(=O)N2CCNCC2)s1. The molecule has 0 aromatic carbocycles. The Balaban J connectivity index is 2.06. The topological polar surface area (TPSA) is 79.4 Å². The number of hydrogen-bond acceptors (Lipinski definition) is 6. The van der Waals surface area contributed by atoms with Crippen LogP contribution in [0.3, 0.4) is 0 Å². The van der Waals surface area contributed by atoms with Gasteiger partial charge in [0.1, 0.15) is 15.6 Å². The zero-order valence-corrected chi connectivity index (χ0v) is 12.4. The number of piperazine rings is 1. The molecular weight excluding hydrogens is 286 g/mol. The van der Waals surface area contributed by atoms with Crippen molar-refractivity contribution in [2.24, 2.45) is 0 Å². The maximum Gasteiger partial charge on any atom is 0.265 e. The zero-order valence-electron chi connectivity index (χ0n) is 10.8. The summed E-state index contributed by atoms with van der Waals surface area (Å²) in [5, 5.41) is 3.67. The van der Waals surface area contributed by atoms with Crippen LogP contribution in [0.1, 0.15) is 21.6 Å². The molecule has 1 amide bonds. The molecule has 6 nitrogen and oxygen atoms in total. The third-order valence-corrected chi connectivity index (χ3v) is 5.71. The lowest BCUT2D eigenvalue weighted by Gasteiger charge is -2.26. The summed E-state index contributed by atoms with van der Waals surface area (Å²) in [5.74, 6) is -0.0458. The summed E-state index contributed by atoms with van der Waals surface area (Å²) in [6, 6.07) is 0. The summed E-state index contributed by atoms with van der Waals surface area (Å²) in [6.07, 6.45) is 1.48. The van der Waals surface area contributed by atoms with Gasteiger partial charge in [-0.1, -0.05) is 6.92 Å². The minimum absolute atomic E-state index is 0.0563. The molecule has 19 heavy (non-hydrogen) atoms. The first kappa shape index (κ1) is 14.4. The molecule has 1 fully saturated rings. The number of sulfone groups is 1. The smallest absolute Gasteiger partial charge is 0.265 e. The van der Waals surface area contributed by atoms with Crippen molar-refractivity contribution in [2.45, 2.75) is 12.7 Å². The fourth-order valence-electron chi connectivity index (χ4n) is 1.79. The van der Waals surface area contributed by atoms with Gasteiger partial charge in [-0.05, 0) is 0 Å². The van der Waals surface area contributed by atoms with E-state index in [1.165, 1.54) is 17.5 Å². The highest BCUT2D eigenvalue weighted by Gasteiger charge is 2.21. The number of thiazole rings is 1. The summed E-state index contributed by atoms with van der Waals surface area (Å²) < 4.78 is 23.0. The molecule has 106 valence electrons. The predicted molar refractivity (Wildman–Crippen MR) is 74.1 cm³/mol. The lowest BCUT2D eigenvalue weighted by Crippen LogP contribution is -2.46. The first-order valence-corrected chi connectivity index (χ1v) is 8.81. The van der Waals surface area contributed by atoms with E-state index in [-0.39, 0.29) is 17.4 Å². The summed E-state index contributed by atoms with van der Waals surface area (Å²) in [6.45, 7) is 4.55. The van der Waals surface area contributed by atoms with Crippen LogP contribution in [0.5, 0.6) is 0 Å². The monoisotopic (exact) mass is 303 g/mol. The van der Waals surface area contributed by atoms with Gasteiger partial charge in [-0.25, -0.2) is 13.4 Å². The highest BCUT2D eigenvalue weighted by molar-refractivity contribution is 7.90. The maximum atomic E-state index is 12.2. The molecule has 0 radical (unpaired) electrons. The molecule has 1 saturated heterocycles. The molecule has 1 aliphatic heterocycles. The molecular formula is C11H17N3O3S2.